The molecule has 2 saturated heterocycles. The zero-order valence-corrected chi connectivity index (χ0v) is 13.3. The summed E-state index contributed by atoms with van der Waals surface area (Å²) in [5, 5.41) is 0. The Morgan fingerprint density at radius 3 is 2.96 bits per heavy atom. The van der Waals surface area contributed by atoms with Crippen LogP contribution in [0.5, 0.6) is 0 Å². The highest BCUT2D eigenvalue weighted by atomic mass is 16.5. The topological polar surface area (TPSA) is 73.1 Å². The van der Waals surface area contributed by atoms with Crippen molar-refractivity contribution < 1.29 is 9.53 Å². The molecule has 4 rings (SSSR count). The van der Waals surface area contributed by atoms with E-state index < -0.39 is 0 Å². The molecule has 0 aliphatic carbocycles. The van der Waals surface area contributed by atoms with E-state index in [9.17, 15) is 4.79 Å². The summed E-state index contributed by atoms with van der Waals surface area (Å²) < 4.78 is 7.05. The molecule has 0 spiro atoms. The largest absolute Gasteiger partial charge is 0.465 e. The van der Waals surface area contributed by atoms with Crippen LogP contribution in [0.2, 0.25) is 0 Å². The normalized spacial score (nSPS) is 24.6. The first kappa shape index (κ1) is 14.4. The van der Waals surface area contributed by atoms with Gasteiger partial charge in [0.1, 0.15) is 6.33 Å². The van der Waals surface area contributed by atoms with Crippen molar-refractivity contribution >= 4 is 23.0 Å². The third-order valence-electron chi connectivity index (χ3n) is 4.97. The van der Waals surface area contributed by atoms with Gasteiger partial charge in [-0.05, 0) is 32.6 Å². The van der Waals surface area contributed by atoms with Crippen molar-refractivity contribution in [1.82, 2.24) is 19.5 Å². The Morgan fingerprint density at radius 2 is 2.22 bits per heavy atom. The summed E-state index contributed by atoms with van der Waals surface area (Å²) in [5.74, 6) is 0.863. The Hall–Kier alpha value is -2.18. The fourth-order valence-corrected chi connectivity index (χ4v) is 3.58. The molecule has 0 radical (unpaired) electrons. The lowest BCUT2D eigenvalue weighted by atomic mass is 10.0. The Balaban J connectivity index is 1.58. The standard InChI is InChI=1S/C16H21N5O2/c1-11-3-2-6-21(11)15-13-14(17-9-18-15)20(10-19-13)7-4-12-5-8-23-16(12)22/h9-12H,2-8H2,1H3. The monoisotopic (exact) mass is 315 g/mol. The number of ether oxygens (including phenoxy) is 1. The van der Waals surface area contributed by atoms with Gasteiger partial charge in [-0.1, -0.05) is 0 Å². The van der Waals surface area contributed by atoms with Crippen LogP contribution in [0, 0.1) is 5.92 Å². The third-order valence-corrected chi connectivity index (χ3v) is 4.97. The van der Waals surface area contributed by atoms with Crippen LogP contribution in [-0.4, -0.2) is 44.7 Å². The summed E-state index contributed by atoms with van der Waals surface area (Å²) in [4.78, 5) is 27.3. The highest BCUT2D eigenvalue weighted by molar-refractivity contribution is 5.83. The number of imidazole rings is 1. The predicted octanol–water partition coefficient (Wildman–Crippen LogP) is 1.77. The molecule has 2 fully saturated rings. The maximum absolute atomic E-state index is 11.6. The number of anilines is 1. The first-order valence-electron chi connectivity index (χ1n) is 8.33. The highest BCUT2D eigenvalue weighted by Gasteiger charge is 2.27. The summed E-state index contributed by atoms with van der Waals surface area (Å²) in [7, 11) is 0. The molecule has 122 valence electrons. The molecule has 2 aromatic rings. The van der Waals surface area contributed by atoms with Gasteiger partial charge < -0.3 is 14.2 Å². The lowest BCUT2D eigenvalue weighted by Gasteiger charge is -2.22. The molecule has 0 saturated carbocycles. The zero-order valence-electron chi connectivity index (χ0n) is 13.3. The summed E-state index contributed by atoms with van der Waals surface area (Å²) in [6.07, 6.45) is 7.39. The van der Waals surface area contributed by atoms with Crippen LogP contribution in [0.4, 0.5) is 5.82 Å². The number of hydrogen-bond acceptors (Lipinski definition) is 6. The average Bonchev–Trinajstić information content (AvgIpc) is 3.25. The molecule has 0 aromatic carbocycles. The molecular formula is C16H21N5O2. The predicted molar refractivity (Wildman–Crippen MR) is 85.0 cm³/mol. The molecule has 0 amide bonds. The number of nitrogens with zero attached hydrogens (tertiary/aromatic N) is 5. The number of fused-ring (bicyclic) bond motifs is 1. The van der Waals surface area contributed by atoms with Crippen molar-refractivity contribution in [2.45, 2.75) is 45.2 Å². The molecule has 2 aromatic heterocycles. The van der Waals surface area contributed by atoms with Crippen LogP contribution in [0.15, 0.2) is 12.7 Å². The number of cyclic esters (lactones) is 1. The Morgan fingerprint density at radius 1 is 1.30 bits per heavy atom. The number of aryl methyl sites for hydroxylation is 1. The smallest absolute Gasteiger partial charge is 0.309 e. The first-order valence-corrected chi connectivity index (χ1v) is 8.33. The lowest BCUT2D eigenvalue weighted by Crippen LogP contribution is -2.27. The average molecular weight is 315 g/mol. The molecule has 4 heterocycles. The Kier molecular flexibility index (Phi) is 3.63. The molecule has 2 aliphatic heterocycles. The minimum atomic E-state index is -0.0735. The second-order valence-electron chi connectivity index (χ2n) is 6.43. The number of esters is 1. The third kappa shape index (κ3) is 2.54. The summed E-state index contributed by atoms with van der Waals surface area (Å²) in [6.45, 7) is 4.52. The summed E-state index contributed by atoms with van der Waals surface area (Å²) >= 11 is 0. The second kappa shape index (κ2) is 5.79. The molecule has 7 nitrogen and oxygen atoms in total. The maximum Gasteiger partial charge on any atom is 0.309 e. The minimum Gasteiger partial charge on any atom is -0.465 e. The number of hydrogen-bond donors (Lipinski definition) is 0. The SMILES string of the molecule is CC1CCCN1c1ncnc2c1ncn2CCC1CCOC1=O. The fraction of sp³-hybridized carbons (Fsp3) is 0.625. The van der Waals surface area contributed by atoms with Crippen molar-refractivity contribution in [3.05, 3.63) is 12.7 Å². The van der Waals surface area contributed by atoms with E-state index in [4.69, 9.17) is 4.74 Å². The van der Waals surface area contributed by atoms with Gasteiger partial charge in [-0.25, -0.2) is 15.0 Å². The summed E-state index contributed by atoms with van der Waals surface area (Å²) in [6, 6.07) is 0.492. The number of carbonyl (C=O) groups excluding carboxylic acids is 1. The first-order chi connectivity index (χ1) is 11.2. The molecule has 0 bridgehead atoms. The molecule has 2 aliphatic rings. The van der Waals surface area contributed by atoms with Crippen molar-refractivity contribution in [3.63, 3.8) is 0 Å². The lowest BCUT2D eigenvalue weighted by molar-refractivity contribution is -0.141. The fourth-order valence-electron chi connectivity index (χ4n) is 3.58. The van der Waals surface area contributed by atoms with Gasteiger partial charge in [-0.2, -0.15) is 0 Å². The van der Waals surface area contributed by atoms with Crippen LogP contribution in [-0.2, 0) is 16.1 Å². The molecule has 2 unspecified atom stereocenters. The van der Waals surface area contributed by atoms with Gasteiger partial charge in [0, 0.05) is 19.1 Å². The van der Waals surface area contributed by atoms with Crippen molar-refractivity contribution in [3.8, 4) is 0 Å². The van der Waals surface area contributed by atoms with Gasteiger partial charge in [0.05, 0.1) is 18.9 Å². The van der Waals surface area contributed by atoms with E-state index in [1.807, 2.05) is 10.9 Å². The molecular weight excluding hydrogens is 294 g/mol. The van der Waals surface area contributed by atoms with Gasteiger partial charge in [0.15, 0.2) is 17.0 Å². The maximum atomic E-state index is 11.6. The van der Waals surface area contributed by atoms with Crippen molar-refractivity contribution in [1.29, 1.82) is 0 Å². The van der Waals surface area contributed by atoms with Crippen LogP contribution in [0.25, 0.3) is 11.2 Å². The summed E-state index contributed by atoms with van der Waals surface area (Å²) in [5.41, 5.74) is 1.70. The Labute approximate surface area is 134 Å². The Bertz CT molecular complexity index is 728. The van der Waals surface area contributed by atoms with E-state index in [1.54, 1.807) is 6.33 Å². The van der Waals surface area contributed by atoms with Crippen molar-refractivity contribution in [2.75, 3.05) is 18.1 Å². The van der Waals surface area contributed by atoms with Gasteiger partial charge in [0.25, 0.3) is 0 Å². The van der Waals surface area contributed by atoms with Crippen LogP contribution >= 0.6 is 0 Å². The van der Waals surface area contributed by atoms with E-state index >= 15 is 0 Å². The highest BCUT2D eigenvalue weighted by Crippen LogP contribution is 2.28. The molecule has 0 N–H and O–H groups in total. The van der Waals surface area contributed by atoms with Gasteiger partial charge in [-0.3, -0.25) is 4.79 Å². The minimum absolute atomic E-state index is 0.00682. The van der Waals surface area contributed by atoms with E-state index in [2.05, 4.69) is 26.8 Å². The van der Waals surface area contributed by atoms with Crippen molar-refractivity contribution in [2.24, 2.45) is 5.92 Å². The molecule has 7 heteroatoms. The number of aromatic nitrogens is 4. The number of rotatable bonds is 4. The van der Waals surface area contributed by atoms with Gasteiger partial charge >= 0.3 is 5.97 Å². The van der Waals surface area contributed by atoms with Gasteiger partial charge in [-0.15, -0.1) is 0 Å². The van der Waals surface area contributed by atoms with E-state index in [0.717, 1.165) is 42.9 Å². The zero-order chi connectivity index (χ0) is 15.8. The van der Waals surface area contributed by atoms with Crippen LogP contribution < -0.4 is 4.90 Å². The number of carbonyl (C=O) groups is 1. The second-order valence-corrected chi connectivity index (χ2v) is 6.43. The van der Waals surface area contributed by atoms with Gasteiger partial charge in [0.2, 0.25) is 0 Å². The quantitative estimate of drug-likeness (QED) is 0.801. The molecule has 2 atom stereocenters. The molecule has 23 heavy (non-hydrogen) atoms. The van der Waals surface area contributed by atoms with E-state index in [1.165, 1.54) is 12.8 Å². The van der Waals surface area contributed by atoms with Crippen LogP contribution in [0.3, 0.4) is 0 Å². The van der Waals surface area contributed by atoms with E-state index in [0.29, 0.717) is 12.6 Å². The van der Waals surface area contributed by atoms with Crippen LogP contribution in [0.1, 0.15) is 32.6 Å². The van der Waals surface area contributed by atoms with E-state index in [-0.39, 0.29) is 11.9 Å².